The van der Waals surface area contributed by atoms with Crippen molar-refractivity contribution in [2.24, 2.45) is 10.1 Å². The van der Waals surface area contributed by atoms with Crippen molar-refractivity contribution in [3.8, 4) is 0 Å². The van der Waals surface area contributed by atoms with Crippen LogP contribution in [0.3, 0.4) is 0 Å². The van der Waals surface area contributed by atoms with Gasteiger partial charge in [0.1, 0.15) is 12.4 Å². The Kier molecular flexibility index (Phi) is 6.96. The highest BCUT2D eigenvalue weighted by Crippen LogP contribution is 1.93. The fourth-order valence-electron chi connectivity index (χ4n) is 1.06. The topological polar surface area (TPSA) is 60.2 Å². The number of aliphatic imine (C=N–C) groups is 1. The summed E-state index contributed by atoms with van der Waals surface area (Å²) in [4.78, 5) is 5.96. The van der Waals surface area contributed by atoms with Crippen molar-refractivity contribution in [1.82, 2.24) is 10.3 Å². The SMILES string of the molecule is C=NNC(C)N=CC(O)N(CC)CC. The zero-order valence-electron chi connectivity index (χ0n) is 9.14. The molecule has 0 radical (unpaired) electrons. The fourth-order valence-corrected chi connectivity index (χ4v) is 1.06. The van der Waals surface area contributed by atoms with E-state index in [1.54, 1.807) is 0 Å². The van der Waals surface area contributed by atoms with Crippen molar-refractivity contribution in [3.05, 3.63) is 0 Å². The van der Waals surface area contributed by atoms with Crippen LogP contribution in [0.2, 0.25) is 0 Å². The lowest BCUT2D eigenvalue weighted by Gasteiger charge is -2.21. The Balaban J connectivity index is 4.01. The first kappa shape index (κ1) is 13.1. The van der Waals surface area contributed by atoms with Crippen LogP contribution in [0.15, 0.2) is 10.1 Å². The molecular formula is C9H20N4O. The van der Waals surface area contributed by atoms with Crippen molar-refractivity contribution in [1.29, 1.82) is 0 Å². The zero-order valence-corrected chi connectivity index (χ0v) is 9.14. The monoisotopic (exact) mass is 200 g/mol. The van der Waals surface area contributed by atoms with Crippen molar-refractivity contribution >= 4 is 12.9 Å². The number of hydrogen-bond acceptors (Lipinski definition) is 5. The maximum atomic E-state index is 9.63. The van der Waals surface area contributed by atoms with E-state index >= 15 is 0 Å². The summed E-state index contributed by atoms with van der Waals surface area (Å²) in [6, 6.07) is 0. The number of nitrogens with one attached hydrogen (secondary N) is 1. The lowest BCUT2D eigenvalue weighted by atomic mass is 10.4. The molecule has 5 heteroatoms. The number of aliphatic hydroxyl groups is 1. The van der Waals surface area contributed by atoms with E-state index in [0.29, 0.717) is 0 Å². The Morgan fingerprint density at radius 1 is 1.50 bits per heavy atom. The maximum Gasteiger partial charge on any atom is 0.143 e. The predicted octanol–water partition coefficient (Wildman–Crippen LogP) is 0.269. The smallest absolute Gasteiger partial charge is 0.143 e. The molecule has 0 aliphatic heterocycles. The van der Waals surface area contributed by atoms with Crippen LogP contribution in [0.1, 0.15) is 20.8 Å². The molecule has 82 valence electrons. The first-order valence-electron chi connectivity index (χ1n) is 4.82. The molecule has 0 aliphatic carbocycles. The summed E-state index contributed by atoms with van der Waals surface area (Å²) in [6.45, 7) is 10.7. The van der Waals surface area contributed by atoms with Crippen LogP contribution < -0.4 is 5.43 Å². The van der Waals surface area contributed by atoms with Gasteiger partial charge in [-0.3, -0.25) is 15.3 Å². The second-order valence-corrected chi connectivity index (χ2v) is 2.90. The Morgan fingerprint density at radius 2 is 2.07 bits per heavy atom. The lowest BCUT2D eigenvalue weighted by molar-refractivity contribution is 0.0697. The number of hydrogen-bond donors (Lipinski definition) is 2. The van der Waals surface area contributed by atoms with E-state index in [1.165, 1.54) is 6.21 Å². The van der Waals surface area contributed by atoms with E-state index in [2.05, 4.69) is 22.2 Å². The normalized spacial score (nSPS) is 15.8. The summed E-state index contributed by atoms with van der Waals surface area (Å²) in [5, 5.41) is 13.1. The van der Waals surface area contributed by atoms with Crippen LogP contribution in [-0.4, -0.2) is 48.4 Å². The molecule has 0 saturated carbocycles. The first-order chi connectivity index (χ1) is 6.65. The van der Waals surface area contributed by atoms with Crippen molar-refractivity contribution in [2.75, 3.05) is 13.1 Å². The number of hydrazone groups is 1. The van der Waals surface area contributed by atoms with E-state index in [-0.39, 0.29) is 6.17 Å². The van der Waals surface area contributed by atoms with Gasteiger partial charge in [0.05, 0.1) is 0 Å². The van der Waals surface area contributed by atoms with Gasteiger partial charge in [-0.2, -0.15) is 5.10 Å². The summed E-state index contributed by atoms with van der Waals surface area (Å²) in [6.07, 6.45) is 0.729. The average Bonchev–Trinajstić information content (AvgIpc) is 2.17. The molecule has 0 spiro atoms. The Morgan fingerprint density at radius 3 is 2.50 bits per heavy atom. The minimum Gasteiger partial charge on any atom is -0.373 e. The van der Waals surface area contributed by atoms with Crippen LogP contribution in [0, 0.1) is 0 Å². The summed E-state index contributed by atoms with van der Waals surface area (Å²) < 4.78 is 0. The molecule has 5 nitrogen and oxygen atoms in total. The van der Waals surface area contributed by atoms with Gasteiger partial charge in [-0.05, 0) is 20.0 Å². The van der Waals surface area contributed by atoms with Gasteiger partial charge in [0.2, 0.25) is 0 Å². The Bertz CT molecular complexity index is 180. The minimum atomic E-state index is -0.626. The van der Waals surface area contributed by atoms with Crippen LogP contribution in [0.25, 0.3) is 0 Å². The van der Waals surface area contributed by atoms with E-state index in [4.69, 9.17) is 0 Å². The van der Waals surface area contributed by atoms with Crippen LogP contribution in [-0.2, 0) is 0 Å². The standard InChI is InChI=1S/C9H20N4O/c1-5-13(6-2)9(14)7-11-8(3)12-10-4/h7-9,12,14H,4-6H2,1-3H3. The predicted molar refractivity (Wildman–Crippen MR) is 59.6 cm³/mol. The van der Waals surface area contributed by atoms with E-state index < -0.39 is 6.23 Å². The molecule has 0 bridgehead atoms. The molecular weight excluding hydrogens is 180 g/mol. The highest BCUT2D eigenvalue weighted by atomic mass is 16.3. The summed E-state index contributed by atoms with van der Waals surface area (Å²) in [5.74, 6) is 0. The first-order valence-corrected chi connectivity index (χ1v) is 4.82. The van der Waals surface area contributed by atoms with Gasteiger partial charge < -0.3 is 5.11 Å². The summed E-state index contributed by atoms with van der Waals surface area (Å²) >= 11 is 0. The lowest BCUT2D eigenvalue weighted by Crippen LogP contribution is -2.36. The molecule has 0 saturated heterocycles. The molecule has 0 fully saturated rings. The van der Waals surface area contributed by atoms with Gasteiger partial charge in [0, 0.05) is 12.9 Å². The number of nitrogens with zero attached hydrogens (tertiary/aromatic N) is 3. The van der Waals surface area contributed by atoms with E-state index in [9.17, 15) is 5.11 Å². The third-order valence-corrected chi connectivity index (χ3v) is 1.91. The van der Waals surface area contributed by atoms with Gasteiger partial charge in [0.25, 0.3) is 0 Å². The summed E-state index contributed by atoms with van der Waals surface area (Å²) in [7, 11) is 0. The van der Waals surface area contributed by atoms with Gasteiger partial charge in [0.15, 0.2) is 0 Å². The molecule has 0 amide bonds. The van der Waals surface area contributed by atoms with Crippen molar-refractivity contribution < 1.29 is 5.11 Å². The quantitative estimate of drug-likeness (QED) is 0.352. The van der Waals surface area contributed by atoms with E-state index in [1.807, 2.05) is 25.7 Å². The third kappa shape index (κ3) is 4.94. The van der Waals surface area contributed by atoms with Crippen LogP contribution >= 0.6 is 0 Å². The second-order valence-electron chi connectivity index (χ2n) is 2.90. The minimum absolute atomic E-state index is 0.155. The highest BCUT2D eigenvalue weighted by molar-refractivity contribution is 5.62. The van der Waals surface area contributed by atoms with Crippen molar-refractivity contribution in [3.63, 3.8) is 0 Å². The fraction of sp³-hybridized carbons (Fsp3) is 0.778. The Labute approximate surface area is 85.5 Å². The van der Waals surface area contributed by atoms with Crippen LogP contribution in [0.5, 0.6) is 0 Å². The molecule has 0 heterocycles. The molecule has 0 aromatic carbocycles. The third-order valence-electron chi connectivity index (χ3n) is 1.91. The Hall–Kier alpha value is -0.940. The molecule has 0 aliphatic rings. The molecule has 14 heavy (non-hydrogen) atoms. The largest absolute Gasteiger partial charge is 0.373 e. The summed E-state index contributed by atoms with van der Waals surface area (Å²) in [5.41, 5.74) is 2.66. The maximum absolute atomic E-state index is 9.63. The van der Waals surface area contributed by atoms with E-state index in [0.717, 1.165) is 13.1 Å². The van der Waals surface area contributed by atoms with Crippen LogP contribution in [0.4, 0.5) is 0 Å². The molecule has 0 rings (SSSR count). The van der Waals surface area contributed by atoms with Gasteiger partial charge in [-0.1, -0.05) is 13.8 Å². The van der Waals surface area contributed by atoms with Gasteiger partial charge >= 0.3 is 0 Å². The number of rotatable bonds is 7. The molecule has 0 aromatic rings. The molecule has 2 unspecified atom stereocenters. The average molecular weight is 200 g/mol. The highest BCUT2D eigenvalue weighted by Gasteiger charge is 2.08. The second kappa shape index (κ2) is 7.46. The zero-order chi connectivity index (χ0) is 11.0. The van der Waals surface area contributed by atoms with Crippen molar-refractivity contribution in [2.45, 2.75) is 33.2 Å². The molecule has 2 atom stereocenters. The number of aliphatic hydroxyl groups excluding tert-OH is 1. The molecule has 0 aromatic heterocycles. The molecule has 2 N–H and O–H groups in total. The van der Waals surface area contributed by atoms with Gasteiger partial charge in [-0.15, -0.1) is 0 Å². The van der Waals surface area contributed by atoms with Gasteiger partial charge in [-0.25, -0.2) is 0 Å².